The molecule has 1 unspecified atom stereocenters. The van der Waals surface area contributed by atoms with Crippen molar-refractivity contribution in [2.24, 2.45) is 0 Å². The van der Waals surface area contributed by atoms with E-state index in [0.717, 1.165) is 0 Å². The van der Waals surface area contributed by atoms with Crippen molar-refractivity contribution in [1.29, 1.82) is 0 Å². The Labute approximate surface area is 87.4 Å². The Balaban J connectivity index is 1.88. The quantitative estimate of drug-likeness (QED) is 0.581. The lowest BCUT2D eigenvalue weighted by molar-refractivity contribution is 0.0315. The second-order valence-electron chi connectivity index (χ2n) is 3.57. The monoisotopic (exact) mass is 208 g/mol. The summed E-state index contributed by atoms with van der Waals surface area (Å²) in [4.78, 5) is 11.5. The molecule has 80 valence electrons. The van der Waals surface area contributed by atoms with Crippen LogP contribution in [-0.2, 0) is 9.47 Å². The normalized spacial score (nSPS) is 23.5. The van der Waals surface area contributed by atoms with E-state index in [-0.39, 0.29) is 19.2 Å². The number of carbonyl (C=O) groups excluding carboxylic acids is 1. The van der Waals surface area contributed by atoms with Crippen LogP contribution in [0.25, 0.3) is 0 Å². The molecule has 0 spiro atoms. The molecule has 0 saturated carbocycles. The minimum absolute atomic E-state index is 0.108. The van der Waals surface area contributed by atoms with Gasteiger partial charge in [-0.05, 0) is 12.1 Å². The molecule has 1 heterocycles. The van der Waals surface area contributed by atoms with E-state index in [2.05, 4.69) is 0 Å². The summed E-state index contributed by atoms with van der Waals surface area (Å²) in [7, 11) is 0. The maximum absolute atomic E-state index is 11.5. The van der Waals surface area contributed by atoms with E-state index >= 15 is 0 Å². The summed E-state index contributed by atoms with van der Waals surface area (Å²) in [6.45, 7) is 0.442. The van der Waals surface area contributed by atoms with Gasteiger partial charge in [0.15, 0.2) is 0 Å². The zero-order valence-electron chi connectivity index (χ0n) is 8.18. The minimum Gasteiger partial charge on any atom is -0.459 e. The fraction of sp³-hybridized carbons (Fsp3) is 0.364. The maximum Gasteiger partial charge on any atom is 0.338 e. The van der Waals surface area contributed by atoms with Crippen LogP contribution in [0.2, 0.25) is 0 Å². The second kappa shape index (κ2) is 4.00. The first-order valence-electron chi connectivity index (χ1n) is 4.73. The van der Waals surface area contributed by atoms with Gasteiger partial charge in [0.25, 0.3) is 0 Å². The Morgan fingerprint density at radius 2 is 2.13 bits per heavy atom. The Morgan fingerprint density at radius 3 is 2.67 bits per heavy atom. The lowest BCUT2D eigenvalue weighted by Crippen LogP contribution is -2.26. The third kappa shape index (κ3) is 2.34. The highest BCUT2D eigenvalue weighted by atomic mass is 16.6. The molecule has 4 nitrogen and oxygen atoms in total. The van der Waals surface area contributed by atoms with Gasteiger partial charge in [0.1, 0.15) is 12.2 Å². The molecule has 2 rings (SSSR count). The Morgan fingerprint density at radius 1 is 1.47 bits per heavy atom. The van der Waals surface area contributed by atoms with E-state index in [1.165, 1.54) is 0 Å². The smallest absolute Gasteiger partial charge is 0.338 e. The first-order valence-corrected chi connectivity index (χ1v) is 4.73. The summed E-state index contributed by atoms with van der Waals surface area (Å²) in [5, 5.41) is 8.92. The number of aliphatic hydroxyl groups is 1. The molecule has 1 aromatic carbocycles. The molecule has 0 aromatic heterocycles. The molecule has 15 heavy (non-hydrogen) atoms. The van der Waals surface area contributed by atoms with Crippen molar-refractivity contribution in [2.45, 2.75) is 5.60 Å². The standard InChI is InChI=1S/C11H12O4/c12-6-11(8-15-11)7-14-10(13)9-4-2-1-3-5-9/h1-5,12H,6-8H2. The number of benzene rings is 1. The maximum atomic E-state index is 11.5. The van der Waals surface area contributed by atoms with Crippen LogP contribution in [0.5, 0.6) is 0 Å². The molecular weight excluding hydrogens is 196 g/mol. The highest BCUT2D eigenvalue weighted by Crippen LogP contribution is 2.26. The predicted octanol–water partition coefficient (Wildman–Crippen LogP) is 0.605. The van der Waals surface area contributed by atoms with E-state index in [4.69, 9.17) is 14.6 Å². The molecular formula is C11H12O4. The van der Waals surface area contributed by atoms with Crippen LogP contribution in [0, 0.1) is 0 Å². The van der Waals surface area contributed by atoms with E-state index in [1.54, 1.807) is 24.3 Å². The van der Waals surface area contributed by atoms with Crippen molar-refractivity contribution >= 4 is 5.97 Å². The molecule has 1 atom stereocenters. The summed E-state index contributed by atoms with van der Waals surface area (Å²) in [6.07, 6.45) is 0. The molecule has 1 aliphatic rings. The Hall–Kier alpha value is -1.39. The van der Waals surface area contributed by atoms with Crippen molar-refractivity contribution in [3.63, 3.8) is 0 Å². The van der Waals surface area contributed by atoms with Crippen LogP contribution in [0.1, 0.15) is 10.4 Å². The molecule has 0 aliphatic carbocycles. The van der Waals surface area contributed by atoms with Crippen molar-refractivity contribution in [2.75, 3.05) is 19.8 Å². The van der Waals surface area contributed by atoms with Gasteiger partial charge >= 0.3 is 5.97 Å². The third-order valence-corrected chi connectivity index (χ3v) is 2.32. The van der Waals surface area contributed by atoms with Crippen molar-refractivity contribution in [1.82, 2.24) is 0 Å². The zero-order valence-corrected chi connectivity index (χ0v) is 8.18. The van der Waals surface area contributed by atoms with Gasteiger partial charge in [-0.2, -0.15) is 0 Å². The minimum atomic E-state index is -0.634. The van der Waals surface area contributed by atoms with E-state index < -0.39 is 5.60 Å². The van der Waals surface area contributed by atoms with Crippen molar-refractivity contribution in [3.05, 3.63) is 35.9 Å². The van der Waals surface area contributed by atoms with Gasteiger partial charge < -0.3 is 14.6 Å². The van der Waals surface area contributed by atoms with Crippen LogP contribution in [0.4, 0.5) is 0 Å². The summed E-state index contributed by atoms with van der Waals surface area (Å²) >= 11 is 0. The van der Waals surface area contributed by atoms with Crippen LogP contribution in [0.3, 0.4) is 0 Å². The van der Waals surface area contributed by atoms with Crippen LogP contribution < -0.4 is 0 Å². The number of esters is 1. The fourth-order valence-corrected chi connectivity index (χ4v) is 1.18. The van der Waals surface area contributed by atoms with Gasteiger partial charge in [-0.15, -0.1) is 0 Å². The highest BCUT2D eigenvalue weighted by molar-refractivity contribution is 5.89. The SMILES string of the molecule is O=C(OCC1(CO)CO1)c1ccccc1. The third-order valence-electron chi connectivity index (χ3n) is 2.32. The zero-order chi connectivity index (χ0) is 10.7. The summed E-state index contributed by atoms with van der Waals surface area (Å²) in [5.41, 5.74) is -0.129. The number of ether oxygens (including phenoxy) is 2. The van der Waals surface area contributed by atoms with Crippen molar-refractivity contribution < 1.29 is 19.4 Å². The average Bonchev–Trinajstić information content (AvgIpc) is 3.08. The van der Waals surface area contributed by atoms with Crippen LogP contribution >= 0.6 is 0 Å². The Kier molecular flexibility index (Phi) is 2.70. The van der Waals surface area contributed by atoms with Crippen LogP contribution in [0.15, 0.2) is 30.3 Å². The molecule has 1 aliphatic heterocycles. The first kappa shape index (κ1) is 10.1. The number of epoxide rings is 1. The number of hydrogen-bond acceptors (Lipinski definition) is 4. The molecule has 0 amide bonds. The predicted molar refractivity (Wildman–Crippen MR) is 52.5 cm³/mol. The highest BCUT2D eigenvalue weighted by Gasteiger charge is 2.45. The number of carbonyl (C=O) groups is 1. The van der Waals surface area contributed by atoms with Gasteiger partial charge in [-0.25, -0.2) is 4.79 Å². The number of rotatable bonds is 4. The lowest BCUT2D eigenvalue weighted by Gasteiger charge is -2.09. The number of aliphatic hydroxyl groups excluding tert-OH is 1. The summed E-state index contributed by atoms with van der Waals surface area (Å²) in [6, 6.07) is 8.73. The van der Waals surface area contributed by atoms with E-state index in [9.17, 15) is 4.79 Å². The lowest BCUT2D eigenvalue weighted by atomic mass is 10.2. The molecule has 0 radical (unpaired) electrons. The molecule has 1 aromatic rings. The molecule has 4 heteroatoms. The van der Waals surface area contributed by atoms with Gasteiger partial charge in [-0.1, -0.05) is 18.2 Å². The van der Waals surface area contributed by atoms with Gasteiger partial charge in [0, 0.05) is 0 Å². The van der Waals surface area contributed by atoms with E-state index in [1.807, 2.05) is 6.07 Å². The van der Waals surface area contributed by atoms with Gasteiger partial charge in [-0.3, -0.25) is 0 Å². The number of hydrogen-bond donors (Lipinski definition) is 1. The van der Waals surface area contributed by atoms with Crippen molar-refractivity contribution in [3.8, 4) is 0 Å². The van der Waals surface area contributed by atoms with Gasteiger partial charge in [0.05, 0.1) is 18.8 Å². The fourth-order valence-electron chi connectivity index (χ4n) is 1.18. The van der Waals surface area contributed by atoms with E-state index in [0.29, 0.717) is 12.2 Å². The average molecular weight is 208 g/mol. The first-order chi connectivity index (χ1) is 7.26. The van der Waals surface area contributed by atoms with Gasteiger partial charge in [0.2, 0.25) is 0 Å². The molecule has 1 saturated heterocycles. The molecule has 0 bridgehead atoms. The largest absolute Gasteiger partial charge is 0.459 e. The van der Waals surface area contributed by atoms with Crippen LogP contribution in [-0.4, -0.2) is 36.5 Å². The molecule has 1 N–H and O–H groups in total. The summed E-state index contributed by atoms with van der Waals surface area (Å²) in [5.74, 6) is -0.390. The molecule has 1 fully saturated rings. The Bertz CT molecular complexity index is 343. The second-order valence-corrected chi connectivity index (χ2v) is 3.57. The topological polar surface area (TPSA) is 59.1 Å². The summed E-state index contributed by atoms with van der Waals surface area (Å²) < 4.78 is 10.0.